The van der Waals surface area contributed by atoms with Crippen molar-refractivity contribution in [1.82, 2.24) is 0 Å². The van der Waals surface area contributed by atoms with Crippen LogP contribution in [-0.4, -0.2) is 13.1 Å². The van der Waals surface area contributed by atoms with Gasteiger partial charge in [-0.05, 0) is 23.3 Å². The lowest BCUT2D eigenvalue weighted by Crippen LogP contribution is -2.04. The van der Waals surface area contributed by atoms with E-state index in [1.807, 2.05) is 30.3 Å². The Morgan fingerprint density at radius 2 is 1.57 bits per heavy atom. The molecule has 21 heavy (non-hydrogen) atoms. The van der Waals surface area contributed by atoms with E-state index in [1.54, 1.807) is 12.1 Å². The van der Waals surface area contributed by atoms with Gasteiger partial charge in [0.25, 0.3) is 0 Å². The first kappa shape index (κ1) is 15.8. The van der Waals surface area contributed by atoms with Crippen LogP contribution in [-0.2, 0) is 22.7 Å². The Hall–Kier alpha value is -1.55. The first-order valence-electron chi connectivity index (χ1n) is 6.29. The van der Waals surface area contributed by atoms with Crippen molar-refractivity contribution >= 4 is 29.2 Å². The molecule has 0 radical (unpaired) electrons. The average molecular weight is 325 g/mol. The van der Waals surface area contributed by atoms with Crippen LogP contribution in [0.5, 0.6) is 0 Å². The Bertz CT molecular complexity index is 604. The molecule has 0 heterocycles. The van der Waals surface area contributed by atoms with Crippen molar-refractivity contribution in [2.24, 2.45) is 0 Å². The lowest BCUT2D eigenvalue weighted by molar-refractivity contribution is 0.0601. The molecule has 0 saturated heterocycles. The Kier molecular flexibility index (Phi) is 5.62. The lowest BCUT2D eigenvalue weighted by atomic mass is 10.1. The van der Waals surface area contributed by atoms with Crippen LogP contribution < -0.4 is 0 Å². The highest BCUT2D eigenvalue weighted by Gasteiger charge is 2.16. The van der Waals surface area contributed by atoms with Crippen LogP contribution in [0.15, 0.2) is 42.5 Å². The molecule has 0 unspecified atom stereocenters. The monoisotopic (exact) mass is 324 g/mol. The van der Waals surface area contributed by atoms with E-state index in [2.05, 4.69) is 4.74 Å². The molecule has 0 saturated carbocycles. The van der Waals surface area contributed by atoms with Gasteiger partial charge in [-0.15, -0.1) is 0 Å². The molecular formula is C16H14Cl2O3. The van der Waals surface area contributed by atoms with Crippen molar-refractivity contribution in [2.45, 2.75) is 13.2 Å². The summed E-state index contributed by atoms with van der Waals surface area (Å²) in [6.45, 7) is 0.852. The van der Waals surface area contributed by atoms with E-state index >= 15 is 0 Å². The molecule has 0 fully saturated rings. The summed E-state index contributed by atoms with van der Waals surface area (Å²) >= 11 is 12.1. The number of benzene rings is 2. The van der Waals surface area contributed by atoms with E-state index in [4.69, 9.17) is 27.9 Å². The van der Waals surface area contributed by atoms with Crippen LogP contribution in [0.2, 0.25) is 10.0 Å². The molecule has 0 aliphatic rings. The summed E-state index contributed by atoms with van der Waals surface area (Å²) in [5.74, 6) is -0.554. The molecule has 2 aromatic carbocycles. The van der Waals surface area contributed by atoms with E-state index in [0.29, 0.717) is 13.2 Å². The number of carbonyl (C=O) groups excluding carboxylic acids is 1. The van der Waals surface area contributed by atoms with Gasteiger partial charge in [0.15, 0.2) is 0 Å². The van der Waals surface area contributed by atoms with Crippen molar-refractivity contribution in [3.63, 3.8) is 0 Å². The van der Waals surface area contributed by atoms with E-state index in [0.717, 1.165) is 11.1 Å². The SMILES string of the molecule is COC(=O)c1c(Cl)cc(COCc2ccccc2)cc1Cl. The minimum atomic E-state index is -0.554. The lowest BCUT2D eigenvalue weighted by Gasteiger charge is -2.09. The zero-order valence-corrected chi connectivity index (χ0v) is 12.9. The third-order valence-corrected chi connectivity index (χ3v) is 3.47. The summed E-state index contributed by atoms with van der Waals surface area (Å²) in [7, 11) is 1.28. The maximum absolute atomic E-state index is 11.5. The van der Waals surface area contributed by atoms with Gasteiger partial charge in [-0.2, -0.15) is 0 Å². The highest BCUT2D eigenvalue weighted by molar-refractivity contribution is 6.39. The number of ether oxygens (including phenoxy) is 2. The van der Waals surface area contributed by atoms with Crippen LogP contribution in [0.3, 0.4) is 0 Å². The predicted octanol–water partition coefficient (Wildman–Crippen LogP) is 4.50. The topological polar surface area (TPSA) is 35.5 Å². The summed E-state index contributed by atoms with van der Waals surface area (Å²) < 4.78 is 10.2. The Balaban J connectivity index is 2.03. The molecule has 5 heteroatoms. The third kappa shape index (κ3) is 4.21. The fourth-order valence-electron chi connectivity index (χ4n) is 1.87. The molecule has 0 spiro atoms. The van der Waals surface area contributed by atoms with Crippen molar-refractivity contribution in [1.29, 1.82) is 0 Å². The number of hydrogen-bond acceptors (Lipinski definition) is 3. The maximum atomic E-state index is 11.5. The van der Waals surface area contributed by atoms with Gasteiger partial charge in [-0.3, -0.25) is 0 Å². The van der Waals surface area contributed by atoms with E-state index in [9.17, 15) is 4.79 Å². The number of esters is 1. The molecule has 0 amide bonds. The number of methoxy groups -OCH3 is 1. The van der Waals surface area contributed by atoms with E-state index in [-0.39, 0.29) is 15.6 Å². The van der Waals surface area contributed by atoms with E-state index < -0.39 is 5.97 Å². The molecular weight excluding hydrogens is 311 g/mol. The van der Waals surface area contributed by atoms with Gasteiger partial charge in [-0.25, -0.2) is 4.79 Å². The summed E-state index contributed by atoms with van der Waals surface area (Å²) in [6, 6.07) is 13.2. The maximum Gasteiger partial charge on any atom is 0.340 e. The molecule has 110 valence electrons. The molecule has 0 atom stereocenters. The summed E-state index contributed by atoms with van der Waals surface area (Å²) in [4.78, 5) is 11.5. The number of hydrogen-bond donors (Lipinski definition) is 0. The molecule has 2 rings (SSSR count). The number of halogens is 2. The molecule has 0 bridgehead atoms. The van der Waals surface area contributed by atoms with Crippen molar-refractivity contribution in [2.75, 3.05) is 7.11 Å². The second-order valence-electron chi connectivity index (χ2n) is 4.40. The van der Waals surface area contributed by atoms with Gasteiger partial charge < -0.3 is 9.47 Å². The number of rotatable bonds is 5. The van der Waals surface area contributed by atoms with Gasteiger partial charge in [0.2, 0.25) is 0 Å². The third-order valence-electron chi connectivity index (χ3n) is 2.87. The standard InChI is InChI=1S/C16H14Cl2O3/c1-20-16(19)15-13(17)7-12(8-14(15)18)10-21-9-11-5-3-2-4-6-11/h2-8H,9-10H2,1H3. The van der Waals surface area contributed by atoms with Gasteiger partial charge >= 0.3 is 5.97 Å². The minimum Gasteiger partial charge on any atom is -0.465 e. The highest BCUT2D eigenvalue weighted by atomic mass is 35.5. The predicted molar refractivity (Wildman–Crippen MR) is 82.7 cm³/mol. The summed E-state index contributed by atoms with van der Waals surface area (Å²) in [6.07, 6.45) is 0. The fourth-order valence-corrected chi connectivity index (χ4v) is 2.55. The molecule has 0 N–H and O–H groups in total. The van der Waals surface area contributed by atoms with Crippen molar-refractivity contribution < 1.29 is 14.3 Å². The van der Waals surface area contributed by atoms with E-state index in [1.165, 1.54) is 7.11 Å². The van der Waals surface area contributed by atoms with Gasteiger partial charge in [0.05, 0.1) is 35.9 Å². The second kappa shape index (κ2) is 7.46. The number of carbonyl (C=O) groups is 1. The Morgan fingerprint density at radius 1 is 1.00 bits per heavy atom. The van der Waals surface area contributed by atoms with Crippen LogP contribution in [0.4, 0.5) is 0 Å². The van der Waals surface area contributed by atoms with Gasteiger partial charge in [-0.1, -0.05) is 53.5 Å². The van der Waals surface area contributed by atoms with Crippen molar-refractivity contribution in [3.05, 3.63) is 69.2 Å². The van der Waals surface area contributed by atoms with Crippen LogP contribution in [0.1, 0.15) is 21.5 Å². The quantitative estimate of drug-likeness (QED) is 0.760. The Labute approximate surface area is 133 Å². The fraction of sp³-hybridized carbons (Fsp3) is 0.188. The minimum absolute atomic E-state index is 0.174. The highest BCUT2D eigenvalue weighted by Crippen LogP contribution is 2.27. The van der Waals surface area contributed by atoms with Crippen LogP contribution in [0, 0.1) is 0 Å². The molecule has 2 aromatic rings. The molecule has 0 aromatic heterocycles. The van der Waals surface area contributed by atoms with Crippen LogP contribution in [0.25, 0.3) is 0 Å². The van der Waals surface area contributed by atoms with Crippen LogP contribution >= 0.6 is 23.2 Å². The second-order valence-corrected chi connectivity index (χ2v) is 5.22. The zero-order chi connectivity index (χ0) is 15.2. The normalized spacial score (nSPS) is 10.4. The first-order chi connectivity index (χ1) is 10.1. The van der Waals surface area contributed by atoms with Crippen molar-refractivity contribution in [3.8, 4) is 0 Å². The zero-order valence-electron chi connectivity index (χ0n) is 11.4. The largest absolute Gasteiger partial charge is 0.465 e. The summed E-state index contributed by atoms with van der Waals surface area (Å²) in [5, 5.41) is 0.514. The van der Waals surface area contributed by atoms with Gasteiger partial charge in [0, 0.05) is 0 Å². The first-order valence-corrected chi connectivity index (χ1v) is 7.05. The van der Waals surface area contributed by atoms with Gasteiger partial charge in [0.1, 0.15) is 0 Å². The molecule has 0 aliphatic carbocycles. The smallest absolute Gasteiger partial charge is 0.340 e. The average Bonchev–Trinajstić information content (AvgIpc) is 2.47. The molecule has 0 aliphatic heterocycles. The summed E-state index contributed by atoms with van der Waals surface area (Å²) in [5.41, 5.74) is 2.06. The Morgan fingerprint density at radius 3 is 2.14 bits per heavy atom. The molecule has 3 nitrogen and oxygen atoms in total.